The fraction of sp³-hybridized carbons (Fsp3) is 0.188. The summed E-state index contributed by atoms with van der Waals surface area (Å²) in [6.07, 6.45) is 0.373. The summed E-state index contributed by atoms with van der Waals surface area (Å²) in [7, 11) is 1.62. The molecule has 0 bridgehead atoms. The average molecular weight is 398 g/mol. The van der Waals surface area contributed by atoms with Crippen molar-refractivity contribution in [3.8, 4) is 5.75 Å². The molecule has 0 aliphatic carbocycles. The van der Waals surface area contributed by atoms with Crippen LogP contribution < -0.4 is 4.74 Å². The van der Waals surface area contributed by atoms with E-state index >= 15 is 0 Å². The summed E-state index contributed by atoms with van der Waals surface area (Å²) in [5, 5.41) is 0. The zero-order chi connectivity index (χ0) is 14.7. The van der Waals surface area contributed by atoms with Crippen LogP contribution in [-0.4, -0.2) is 12.9 Å². The van der Waals surface area contributed by atoms with Gasteiger partial charge in [0.15, 0.2) is 5.78 Å². The molecule has 20 heavy (non-hydrogen) atoms. The standard InChI is InChI=1S/C16H14Br2O2/c1-10-3-5-12(9-13(10)17)15(19)8-11-4-6-16(20-2)14(18)7-11/h3-7,9H,8H2,1-2H3. The molecular formula is C16H14Br2O2. The predicted molar refractivity (Wildman–Crippen MR) is 87.6 cm³/mol. The lowest BCUT2D eigenvalue weighted by Crippen LogP contribution is -2.04. The van der Waals surface area contributed by atoms with E-state index in [4.69, 9.17) is 4.74 Å². The van der Waals surface area contributed by atoms with Gasteiger partial charge in [-0.1, -0.05) is 34.1 Å². The van der Waals surface area contributed by atoms with Crippen LogP contribution in [0.25, 0.3) is 0 Å². The number of ether oxygens (including phenoxy) is 1. The first-order chi connectivity index (χ1) is 9.51. The molecule has 0 saturated carbocycles. The Kier molecular flexibility index (Phi) is 5.00. The third-order valence-electron chi connectivity index (χ3n) is 3.07. The van der Waals surface area contributed by atoms with Crippen molar-refractivity contribution in [1.29, 1.82) is 0 Å². The molecule has 2 nitrogen and oxygen atoms in total. The summed E-state index contributed by atoms with van der Waals surface area (Å²) in [5.74, 6) is 0.863. The van der Waals surface area contributed by atoms with Crippen LogP contribution >= 0.6 is 31.9 Å². The van der Waals surface area contributed by atoms with Gasteiger partial charge in [0, 0.05) is 16.5 Å². The van der Waals surface area contributed by atoms with E-state index in [1.54, 1.807) is 7.11 Å². The number of benzene rings is 2. The van der Waals surface area contributed by atoms with Crippen molar-refractivity contribution in [2.45, 2.75) is 13.3 Å². The molecule has 0 amide bonds. The molecule has 0 fully saturated rings. The molecule has 0 saturated heterocycles. The highest BCUT2D eigenvalue weighted by molar-refractivity contribution is 9.10. The first-order valence-corrected chi connectivity index (χ1v) is 7.71. The van der Waals surface area contributed by atoms with E-state index in [2.05, 4.69) is 31.9 Å². The Hall–Kier alpha value is -1.13. The molecule has 0 unspecified atom stereocenters. The molecule has 0 spiro atoms. The third kappa shape index (κ3) is 3.49. The summed E-state index contributed by atoms with van der Waals surface area (Å²) in [4.78, 5) is 12.3. The van der Waals surface area contributed by atoms with Gasteiger partial charge in [-0.25, -0.2) is 0 Å². The quantitative estimate of drug-likeness (QED) is 0.682. The molecule has 0 N–H and O–H groups in total. The number of halogens is 2. The zero-order valence-electron chi connectivity index (χ0n) is 11.2. The van der Waals surface area contributed by atoms with E-state index < -0.39 is 0 Å². The van der Waals surface area contributed by atoms with Gasteiger partial charge in [-0.15, -0.1) is 0 Å². The van der Waals surface area contributed by atoms with Crippen molar-refractivity contribution in [3.63, 3.8) is 0 Å². The second-order valence-corrected chi connectivity index (χ2v) is 6.24. The molecule has 0 aliphatic heterocycles. The van der Waals surface area contributed by atoms with Crippen LogP contribution in [0.15, 0.2) is 45.3 Å². The Balaban J connectivity index is 2.19. The molecule has 4 heteroatoms. The van der Waals surface area contributed by atoms with Crippen molar-refractivity contribution in [1.82, 2.24) is 0 Å². The van der Waals surface area contributed by atoms with Crippen molar-refractivity contribution in [2.75, 3.05) is 7.11 Å². The smallest absolute Gasteiger partial charge is 0.167 e. The van der Waals surface area contributed by atoms with E-state index in [1.807, 2.05) is 43.3 Å². The minimum Gasteiger partial charge on any atom is -0.496 e. The predicted octanol–water partition coefficient (Wildman–Crippen LogP) is 4.95. The molecule has 0 aliphatic rings. The molecule has 0 radical (unpaired) electrons. The van der Waals surface area contributed by atoms with Gasteiger partial charge in [0.25, 0.3) is 0 Å². The van der Waals surface area contributed by atoms with Crippen molar-refractivity contribution < 1.29 is 9.53 Å². The largest absolute Gasteiger partial charge is 0.496 e. The van der Waals surface area contributed by atoms with Crippen LogP contribution in [0.5, 0.6) is 5.75 Å². The van der Waals surface area contributed by atoms with Crippen molar-refractivity contribution in [2.24, 2.45) is 0 Å². The lowest BCUT2D eigenvalue weighted by atomic mass is 10.0. The van der Waals surface area contributed by atoms with Crippen LogP contribution in [-0.2, 0) is 6.42 Å². The maximum Gasteiger partial charge on any atom is 0.167 e. The summed E-state index contributed by atoms with van der Waals surface area (Å²) in [5.41, 5.74) is 2.79. The molecule has 2 aromatic rings. The summed E-state index contributed by atoms with van der Waals surface area (Å²) in [6.45, 7) is 2.00. The third-order valence-corrected chi connectivity index (χ3v) is 4.55. The minimum absolute atomic E-state index is 0.0998. The van der Waals surface area contributed by atoms with Gasteiger partial charge in [0.1, 0.15) is 5.75 Å². The van der Waals surface area contributed by atoms with Gasteiger partial charge in [-0.2, -0.15) is 0 Å². The van der Waals surface area contributed by atoms with Crippen LogP contribution in [0.3, 0.4) is 0 Å². The monoisotopic (exact) mass is 396 g/mol. The highest BCUT2D eigenvalue weighted by Crippen LogP contribution is 2.26. The number of hydrogen-bond acceptors (Lipinski definition) is 2. The maximum atomic E-state index is 12.3. The zero-order valence-corrected chi connectivity index (χ0v) is 14.4. The molecule has 0 aromatic heterocycles. The van der Waals surface area contributed by atoms with Crippen LogP contribution in [0.2, 0.25) is 0 Å². The Labute approximate surface area is 135 Å². The number of Topliss-reactive ketones (excluding diaryl/α,β-unsaturated/α-hetero) is 1. The normalized spacial score (nSPS) is 10.4. The second-order valence-electron chi connectivity index (χ2n) is 4.53. The Morgan fingerprint density at radius 2 is 1.85 bits per heavy atom. The maximum absolute atomic E-state index is 12.3. The van der Waals surface area contributed by atoms with E-state index in [0.717, 1.165) is 31.4 Å². The molecule has 0 atom stereocenters. The topological polar surface area (TPSA) is 26.3 Å². The highest BCUT2D eigenvalue weighted by Gasteiger charge is 2.10. The molecule has 2 rings (SSSR count). The number of hydrogen-bond donors (Lipinski definition) is 0. The van der Waals surface area contributed by atoms with E-state index in [9.17, 15) is 4.79 Å². The van der Waals surface area contributed by atoms with Gasteiger partial charge in [0.2, 0.25) is 0 Å². The summed E-state index contributed by atoms with van der Waals surface area (Å²) in [6, 6.07) is 11.4. The Morgan fingerprint density at radius 1 is 1.10 bits per heavy atom. The Bertz CT molecular complexity index is 651. The van der Waals surface area contributed by atoms with Crippen LogP contribution in [0.1, 0.15) is 21.5 Å². The van der Waals surface area contributed by atoms with Gasteiger partial charge < -0.3 is 4.74 Å². The number of ketones is 1. The number of methoxy groups -OCH3 is 1. The molecular weight excluding hydrogens is 384 g/mol. The Morgan fingerprint density at radius 3 is 2.45 bits per heavy atom. The molecule has 2 aromatic carbocycles. The highest BCUT2D eigenvalue weighted by atomic mass is 79.9. The van der Waals surface area contributed by atoms with Gasteiger partial charge in [-0.05, 0) is 52.2 Å². The summed E-state index contributed by atoms with van der Waals surface area (Å²) >= 11 is 6.88. The van der Waals surface area contributed by atoms with E-state index in [1.165, 1.54) is 0 Å². The number of rotatable bonds is 4. The first-order valence-electron chi connectivity index (χ1n) is 6.13. The second kappa shape index (κ2) is 6.55. The SMILES string of the molecule is COc1ccc(CC(=O)c2ccc(C)c(Br)c2)cc1Br. The van der Waals surface area contributed by atoms with E-state index in [-0.39, 0.29) is 5.78 Å². The van der Waals surface area contributed by atoms with Gasteiger partial charge >= 0.3 is 0 Å². The fourth-order valence-corrected chi connectivity index (χ4v) is 2.84. The van der Waals surface area contributed by atoms with Crippen LogP contribution in [0.4, 0.5) is 0 Å². The summed E-state index contributed by atoms with van der Waals surface area (Å²) < 4.78 is 6.99. The minimum atomic E-state index is 0.0998. The van der Waals surface area contributed by atoms with Gasteiger partial charge in [0.05, 0.1) is 11.6 Å². The molecule has 104 valence electrons. The first kappa shape index (κ1) is 15.3. The molecule has 0 heterocycles. The lowest BCUT2D eigenvalue weighted by molar-refractivity contribution is 0.0993. The van der Waals surface area contributed by atoms with E-state index in [0.29, 0.717) is 6.42 Å². The number of carbonyl (C=O) groups is 1. The van der Waals surface area contributed by atoms with Gasteiger partial charge in [-0.3, -0.25) is 4.79 Å². The number of aryl methyl sites for hydroxylation is 1. The van der Waals surface area contributed by atoms with Crippen molar-refractivity contribution >= 4 is 37.6 Å². The average Bonchev–Trinajstić information content (AvgIpc) is 2.42. The fourth-order valence-electron chi connectivity index (χ4n) is 1.87. The number of carbonyl (C=O) groups excluding carboxylic acids is 1. The van der Waals surface area contributed by atoms with Crippen molar-refractivity contribution in [3.05, 3.63) is 62.0 Å². The lowest BCUT2D eigenvalue weighted by Gasteiger charge is -2.07. The van der Waals surface area contributed by atoms with Crippen LogP contribution in [0, 0.1) is 6.92 Å².